The van der Waals surface area contributed by atoms with E-state index < -0.39 is 11.2 Å². The van der Waals surface area contributed by atoms with Crippen molar-refractivity contribution in [2.45, 2.75) is 32.1 Å². The van der Waals surface area contributed by atoms with Crippen LogP contribution in [0.4, 0.5) is 10.1 Å². The quantitative estimate of drug-likeness (QED) is 0.839. The van der Waals surface area contributed by atoms with E-state index in [0.29, 0.717) is 18.5 Å². The van der Waals surface area contributed by atoms with Gasteiger partial charge >= 0.3 is 0 Å². The van der Waals surface area contributed by atoms with Gasteiger partial charge in [-0.3, -0.25) is 4.79 Å². The Bertz CT molecular complexity index is 557. The Morgan fingerprint density at radius 2 is 2.05 bits per heavy atom. The third-order valence-electron chi connectivity index (χ3n) is 4.02. The molecule has 21 heavy (non-hydrogen) atoms. The molecule has 1 saturated carbocycles. The van der Waals surface area contributed by atoms with Gasteiger partial charge in [0.25, 0.3) is 0 Å². The third-order valence-corrected chi connectivity index (χ3v) is 4.41. The molecule has 1 aromatic carbocycles. The normalized spacial score (nSPS) is 17.0. The molecule has 0 bridgehead atoms. The van der Waals surface area contributed by atoms with Gasteiger partial charge in [0.15, 0.2) is 11.6 Å². The highest BCUT2D eigenvalue weighted by atomic mass is 32.1. The van der Waals surface area contributed by atoms with Crippen molar-refractivity contribution < 1.29 is 13.9 Å². The lowest BCUT2D eigenvalue weighted by molar-refractivity contribution is -0.123. The minimum Gasteiger partial charge on any atom is -0.494 e. The number of thiocarbonyl (C=S) groups is 1. The van der Waals surface area contributed by atoms with Crippen molar-refractivity contribution in [2.24, 2.45) is 11.1 Å². The molecule has 2 rings (SSSR count). The van der Waals surface area contributed by atoms with Gasteiger partial charge in [-0.25, -0.2) is 4.39 Å². The SMILES string of the molecule is COc1cc(NC(=O)C2(C(N)=S)CCCCC2)ccc1F. The topological polar surface area (TPSA) is 64.3 Å². The molecule has 4 nitrogen and oxygen atoms in total. The Balaban J connectivity index is 2.21. The molecule has 0 radical (unpaired) electrons. The third kappa shape index (κ3) is 3.15. The van der Waals surface area contributed by atoms with E-state index in [0.717, 1.165) is 19.3 Å². The standard InChI is InChI=1S/C15H19FN2O2S/c1-20-12-9-10(5-6-11(12)16)18-14(19)15(13(17)21)7-3-2-4-8-15/h5-6,9H,2-4,7-8H2,1H3,(H2,17,21)(H,18,19). The van der Waals surface area contributed by atoms with E-state index in [2.05, 4.69) is 5.32 Å². The zero-order chi connectivity index (χ0) is 15.5. The van der Waals surface area contributed by atoms with Crippen LogP contribution in [0.1, 0.15) is 32.1 Å². The molecule has 0 unspecified atom stereocenters. The molecule has 1 aromatic rings. The van der Waals surface area contributed by atoms with Crippen molar-refractivity contribution in [3.05, 3.63) is 24.0 Å². The average molecular weight is 310 g/mol. The molecule has 114 valence electrons. The van der Waals surface area contributed by atoms with Crippen LogP contribution in [0.25, 0.3) is 0 Å². The fourth-order valence-electron chi connectivity index (χ4n) is 2.73. The number of nitrogens with one attached hydrogen (secondary N) is 1. The second-order valence-corrected chi connectivity index (χ2v) is 5.75. The van der Waals surface area contributed by atoms with Gasteiger partial charge in [-0.2, -0.15) is 0 Å². The molecule has 0 atom stereocenters. The summed E-state index contributed by atoms with van der Waals surface area (Å²) in [5, 5.41) is 2.78. The number of benzene rings is 1. The zero-order valence-electron chi connectivity index (χ0n) is 11.9. The summed E-state index contributed by atoms with van der Waals surface area (Å²) in [6.45, 7) is 0. The number of rotatable bonds is 4. The number of carbonyl (C=O) groups excluding carboxylic acids is 1. The lowest BCUT2D eigenvalue weighted by Gasteiger charge is -2.34. The number of nitrogens with two attached hydrogens (primary N) is 1. The van der Waals surface area contributed by atoms with E-state index in [1.807, 2.05) is 0 Å². The summed E-state index contributed by atoms with van der Waals surface area (Å²) in [6.07, 6.45) is 4.26. The Morgan fingerprint density at radius 3 is 2.62 bits per heavy atom. The van der Waals surface area contributed by atoms with Gasteiger partial charge in [-0.05, 0) is 25.0 Å². The molecule has 6 heteroatoms. The lowest BCUT2D eigenvalue weighted by Crippen LogP contribution is -2.47. The molecule has 1 amide bonds. The summed E-state index contributed by atoms with van der Waals surface area (Å²) in [5.41, 5.74) is 5.50. The van der Waals surface area contributed by atoms with Gasteiger partial charge in [0.2, 0.25) is 5.91 Å². The summed E-state index contributed by atoms with van der Waals surface area (Å²) in [6, 6.07) is 4.19. The first-order valence-electron chi connectivity index (χ1n) is 6.94. The minimum absolute atomic E-state index is 0.0841. The largest absolute Gasteiger partial charge is 0.494 e. The number of ether oxygens (including phenoxy) is 1. The Labute approximate surface area is 128 Å². The van der Waals surface area contributed by atoms with Crippen molar-refractivity contribution in [1.82, 2.24) is 0 Å². The molecule has 1 aliphatic carbocycles. The van der Waals surface area contributed by atoms with E-state index in [1.54, 1.807) is 0 Å². The highest BCUT2D eigenvalue weighted by Crippen LogP contribution is 2.38. The van der Waals surface area contributed by atoms with Crippen LogP contribution in [-0.2, 0) is 4.79 Å². The van der Waals surface area contributed by atoms with Crippen LogP contribution in [0.3, 0.4) is 0 Å². The average Bonchev–Trinajstić information content (AvgIpc) is 2.49. The molecule has 0 aromatic heterocycles. The van der Waals surface area contributed by atoms with Gasteiger partial charge in [0, 0.05) is 11.8 Å². The molecular weight excluding hydrogens is 291 g/mol. The number of hydrogen-bond acceptors (Lipinski definition) is 3. The highest BCUT2D eigenvalue weighted by Gasteiger charge is 2.42. The van der Waals surface area contributed by atoms with Crippen molar-refractivity contribution in [1.29, 1.82) is 0 Å². The summed E-state index contributed by atoms with van der Waals surface area (Å²) >= 11 is 5.12. The maximum atomic E-state index is 13.4. The predicted octanol–water partition coefficient (Wildman–Crippen LogP) is 3.01. The van der Waals surface area contributed by atoms with Gasteiger partial charge in [-0.15, -0.1) is 0 Å². The smallest absolute Gasteiger partial charge is 0.237 e. The van der Waals surface area contributed by atoms with Crippen LogP contribution in [0.5, 0.6) is 5.75 Å². The first-order chi connectivity index (χ1) is 9.99. The number of amides is 1. The van der Waals surface area contributed by atoms with Gasteiger partial charge in [0.1, 0.15) is 0 Å². The van der Waals surface area contributed by atoms with Gasteiger partial charge in [0.05, 0.1) is 17.5 Å². The molecule has 0 aliphatic heterocycles. The maximum Gasteiger partial charge on any atom is 0.237 e. The Morgan fingerprint density at radius 1 is 1.38 bits per heavy atom. The maximum absolute atomic E-state index is 13.4. The lowest BCUT2D eigenvalue weighted by atomic mass is 9.73. The first kappa shape index (κ1) is 15.7. The van der Waals surface area contributed by atoms with Crippen LogP contribution in [0.15, 0.2) is 18.2 Å². The van der Waals surface area contributed by atoms with Crippen LogP contribution >= 0.6 is 12.2 Å². The summed E-state index contributed by atoms with van der Waals surface area (Å²) in [4.78, 5) is 12.8. The van der Waals surface area contributed by atoms with Crippen LogP contribution in [-0.4, -0.2) is 18.0 Å². The van der Waals surface area contributed by atoms with Crippen LogP contribution in [0.2, 0.25) is 0 Å². The Hall–Kier alpha value is -1.69. The summed E-state index contributed by atoms with van der Waals surface area (Å²) in [5.74, 6) is -0.610. The second-order valence-electron chi connectivity index (χ2n) is 5.31. The van der Waals surface area contributed by atoms with Crippen molar-refractivity contribution in [3.8, 4) is 5.75 Å². The fourth-order valence-corrected chi connectivity index (χ4v) is 3.03. The molecule has 0 saturated heterocycles. The Kier molecular flexibility index (Phi) is 4.77. The van der Waals surface area contributed by atoms with Crippen LogP contribution in [0, 0.1) is 11.2 Å². The molecular formula is C15H19FN2O2S. The van der Waals surface area contributed by atoms with Crippen molar-refractivity contribution >= 4 is 28.8 Å². The predicted molar refractivity (Wildman–Crippen MR) is 83.9 cm³/mol. The minimum atomic E-state index is -0.796. The monoisotopic (exact) mass is 310 g/mol. The van der Waals surface area contributed by atoms with Crippen LogP contribution < -0.4 is 15.8 Å². The van der Waals surface area contributed by atoms with Gasteiger partial charge < -0.3 is 15.8 Å². The highest BCUT2D eigenvalue weighted by molar-refractivity contribution is 7.80. The van der Waals surface area contributed by atoms with E-state index in [-0.39, 0.29) is 16.6 Å². The second kappa shape index (κ2) is 6.39. The van der Waals surface area contributed by atoms with E-state index in [9.17, 15) is 9.18 Å². The number of anilines is 1. The molecule has 1 fully saturated rings. The molecule has 3 N–H and O–H groups in total. The first-order valence-corrected chi connectivity index (χ1v) is 7.35. The molecule has 0 spiro atoms. The van der Waals surface area contributed by atoms with Gasteiger partial charge in [-0.1, -0.05) is 31.5 Å². The van der Waals surface area contributed by atoms with Crippen molar-refractivity contribution in [3.63, 3.8) is 0 Å². The number of halogens is 1. The summed E-state index contributed by atoms with van der Waals surface area (Å²) < 4.78 is 18.3. The number of carbonyl (C=O) groups is 1. The molecule has 1 aliphatic rings. The van der Waals surface area contributed by atoms with E-state index in [4.69, 9.17) is 22.7 Å². The van der Waals surface area contributed by atoms with Crippen molar-refractivity contribution in [2.75, 3.05) is 12.4 Å². The zero-order valence-corrected chi connectivity index (χ0v) is 12.8. The number of methoxy groups -OCH3 is 1. The van der Waals surface area contributed by atoms with E-state index in [1.165, 1.54) is 25.3 Å². The molecule has 0 heterocycles. The summed E-state index contributed by atoms with van der Waals surface area (Å²) in [7, 11) is 1.38. The number of hydrogen-bond donors (Lipinski definition) is 2. The van der Waals surface area contributed by atoms with E-state index >= 15 is 0 Å². The fraction of sp³-hybridized carbons (Fsp3) is 0.467.